The van der Waals surface area contributed by atoms with Crippen molar-refractivity contribution in [1.82, 2.24) is 14.3 Å². The highest BCUT2D eigenvalue weighted by Gasteiger charge is 2.19. The lowest BCUT2D eigenvalue weighted by Crippen LogP contribution is -2.17. The number of sulfone groups is 1. The zero-order chi connectivity index (χ0) is 22.3. The molecule has 4 rings (SSSR count). The number of pyridine rings is 1. The molecule has 0 N–H and O–H groups in total. The summed E-state index contributed by atoms with van der Waals surface area (Å²) in [7, 11) is -0.332. The summed E-state index contributed by atoms with van der Waals surface area (Å²) in [6.45, 7) is 1.58. The quantitative estimate of drug-likeness (QED) is 0.474. The Morgan fingerprint density at radius 1 is 1.06 bits per heavy atom. The molecule has 2 heterocycles. The van der Waals surface area contributed by atoms with Crippen LogP contribution in [-0.4, -0.2) is 35.6 Å². The highest BCUT2D eigenvalue weighted by Crippen LogP contribution is 2.36. The number of fused-ring (bicyclic) bond motifs is 1. The largest absolute Gasteiger partial charge is 0.496 e. The van der Waals surface area contributed by atoms with E-state index in [1.54, 1.807) is 50.5 Å². The van der Waals surface area contributed by atoms with Crippen LogP contribution in [0.3, 0.4) is 0 Å². The van der Waals surface area contributed by atoms with Crippen LogP contribution in [0.5, 0.6) is 5.75 Å². The van der Waals surface area contributed by atoms with E-state index in [2.05, 4.69) is 5.10 Å². The lowest BCUT2D eigenvalue weighted by atomic mass is 9.99. The Morgan fingerprint density at radius 2 is 1.84 bits per heavy atom. The fourth-order valence-corrected chi connectivity index (χ4v) is 4.42. The molecule has 160 valence electrons. The van der Waals surface area contributed by atoms with Crippen molar-refractivity contribution >= 4 is 20.6 Å². The Hall–Kier alpha value is -3.46. The number of hydrogen-bond acceptors (Lipinski definition) is 5. The maximum atomic E-state index is 13.5. The highest BCUT2D eigenvalue weighted by molar-refractivity contribution is 7.91. The number of aromatic nitrogens is 3. The van der Waals surface area contributed by atoms with E-state index in [1.807, 2.05) is 0 Å². The zero-order valence-corrected chi connectivity index (χ0v) is 18.0. The summed E-state index contributed by atoms with van der Waals surface area (Å²) < 4.78 is 46.7. The molecule has 0 atom stereocenters. The van der Waals surface area contributed by atoms with E-state index in [9.17, 15) is 17.6 Å². The average molecular weight is 441 g/mol. The molecule has 0 radical (unpaired) electrons. The van der Waals surface area contributed by atoms with Gasteiger partial charge in [0.25, 0.3) is 5.56 Å². The van der Waals surface area contributed by atoms with Crippen molar-refractivity contribution in [2.24, 2.45) is 7.05 Å². The van der Waals surface area contributed by atoms with Gasteiger partial charge in [0.15, 0.2) is 15.7 Å². The molecule has 0 saturated heterocycles. The first-order valence-electron chi connectivity index (χ1n) is 9.50. The van der Waals surface area contributed by atoms with Crippen molar-refractivity contribution in [1.29, 1.82) is 0 Å². The van der Waals surface area contributed by atoms with Gasteiger partial charge in [-0.05, 0) is 41.8 Å². The number of methoxy groups -OCH3 is 1. The van der Waals surface area contributed by atoms with E-state index in [-0.39, 0.29) is 16.2 Å². The first kappa shape index (κ1) is 20.8. The van der Waals surface area contributed by atoms with Gasteiger partial charge in [0.1, 0.15) is 5.75 Å². The minimum absolute atomic E-state index is 0.0399. The van der Waals surface area contributed by atoms with Gasteiger partial charge in [0, 0.05) is 29.8 Å². The lowest BCUT2D eigenvalue weighted by molar-refractivity contribution is 0.416. The maximum Gasteiger partial charge on any atom is 0.258 e. The van der Waals surface area contributed by atoms with Crippen LogP contribution in [0.2, 0.25) is 0 Å². The van der Waals surface area contributed by atoms with Gasteiger partial charge in [-0.3, -0.25) is 4.79 Å². The van der Waals surface area contributed by atoms with Crippen LogP contribution in [-0.2, 0) is 16.9 Å². The van der Waals surface area contributed by atoms with Crippen molar-refractivity contribution in [3.63, 3.8) is 0 Å². The number of nitrogens with zero attached hydrogens (tertiary/aromatic N) is 3. The number of rotatable bonds is 5. The first-order chi connectivity index (χ1) is 14.7. The Balaban J connectivity index is 2.06. The van der Waals surface area contributed by atoms with Crippen LogP contribution in [0, 0.1) is 5.82 Å². The molecule has 0 aliphatic carbocycles. The Bertz CT molecular complexity index is 1470. The molecule has 2 aromatic carbocycles. The van der Waals surface area contributed by atoms with Crippen LogP contribution >= 0.6 is 0 Å². The van der Waals surface area contributed by atoms with Crippen LogP contribution in [0.4, 0.5) is 4.39 Å². The highest BCUT2D eigenvalue weighted by atomic mass is 32.2. The molecule has 4 aromatic rings. The second-order valence-corrected chi connectivity index (χ2v) is 9.34. The SMILES string of the molecule is CCS(=O)(=O)c1ccc(OC)c(-c2cn(C)c(=O)c3ccc(-n4cc(F)cn4)cc23)c1. The minimum Gasteiger partial charge on any atom is -0.496 e. The standard InChI is InChI=1S/C22H20FN3O4S/c1-4-31(28,29)16-6-8-21(30-3)19(10-16)20-13-25(2)22(27)17-7-5-15(9-18(17)20)26-12-14(23)11-24-26/h5-13H,4H2,1-3H3. The molecular formula is C22H20FN3O4S. The molecule has 0 bridgehead atoms. The van der Waals surface area contributed by atoms with Crippen molar-refractivity contribution < 1.29 is 17.5 Å². The van der Waals surface area contributed by atoms with Gasteiger partial charge in [-0.2, -0.15) is 5.10 Å². The van der Waals surface area contributed by atoms with Gasteiger partial charge in [0.05, 0.1) is 35.8 Å². The molecule has 31 heavy (non-hydrogen) atoms. The average Bonchev–Trinajstić information content (AvgIpc) is 3.21. The maximum absolute atomic E-state index is 13.5. The summed E-state index contributed by atoms with van der Waals surface area (Å²) in [4.78, 5) is 12.9. The van der Waals surface area contributed by atoms with E-state index in [4.69, 9.17) is 4.74 Å². The molecule has 0 fully saturated rings. The van der Waals surface area contributed by atoms with E-state index in [0.29, 0.717) is 33.3 Å². The molecule has 7 nitrogen and oxygen atoms in total. The van der Waals surface area contributed by atoms with Crippen molar-refractivity contribution in [3.05, 3.63) is 71.2 Å². The van der Waals surface area contributed by atoms with Gasteiger partial charge in [-0.15, -0.1) is 0 Å². The summed E-state index contributed by atoms with van der Waals surface area (Å²) in [5.74, 6) is -0.0593. The predicted molar refractivity (Wildman–Crippen MR) is 116 cm³/mol. The smallest absolute Gasteiger partial charge is 0.258 e. The molecule has 0 aliphatic rings. The van der Waals surface area contributed by atoms with Crippen molar-refractivity contribution in [3.8, 4) is 22.6 Å². The summed E-state index contributed by atoms with van der Waals surface area (Å²) in [6.07, 6.45) is 3.96. The molecule has 9 heteroatoms. The van der Waals surface area contributed by atoms with Gasteiger partial charge in [0.2, 0.25) is 0 Å². The number of ether oxygens (including phenoxy) is 1. The normalized spacial score (nSPS) is 11.7. The van der Waals surface area contributed by atoms with E-state index in [1.165, 1.54) is 28.6 Å². The number of hydrogen-bond donors (Lipinski definition) is 0. The number of halogens is 1. The summed E-state index contributed by atoms with van der Waals surface area (Å²) in [5.41, 5.74) is 1.48. The fourth-order valence-electron chi connectivity index (χ4n) is 3.51. The predicted octanol–water partition coefficient (Wildman–Crippen LogP) is 3.33. The second kappa shape index (κ2) is 7.66. The van der Waals surface area contributed by atoms with Crippen LogP contribution < -0.4 is 10.3 Å². The molecule has 0 amide bonds. The second-order valence-electron chi connectivity index (χ2n) is 7.06. The summed E-state index contributed by atoms with van der Waals surface area (Å²) in [6, 6.07) is 9.70. The Kier molecular flexibility index (Phi) is 5.14. The van der Waals surface area contributed by atoms with E-state index < -0.39 is 15.7 Å². The van der Waals surface area contributed by atoms with Gasteiger partial charge < -0.3 is 9.30 Å². The third kappa shape index (κ3) is 3.61. The summed E-state index contributed by atoms with van der Waals surface area (Å²) >= 11 is 0. The Morgan fingerprint density at radius 3 is 2.48 bits per heavy atom. The molecular weight excluding hydrogens is 421 g/mol. The molecule has 0 spiro atoms. The molecule has 0 saturated carbocycles. The van der Waals surface area contributed by atoms with Gasteiger partial charge in [-0.1, -0.05) is 6.92 Å². The zero-order valence-electron chi connectivity index (χ0n) is 17.2. The van der Waals surface area contributed by atoms with Gasteiger partial charge in [-0.25, -0.2) is 17.5 Å². The van der Waals surface area contributed by atoms with Crippen LogP contribution in [0.1, 0.15) is 6.92 Å². The first-order valence-corrected chi connectivity index (χ1v) is 11.2. The Labute approximate surface area is 178 Å². The lowest BCUT2D eigenvalue weighted by Gasteiger charge is -2.15. The topological polar surface area (TPSA) is 83.2 Å². The minimum atomic E-state index is -3.45. The molecule has 0 aliphatic heterocycles. The number of aryl methyl sites for hydroxylation is 1. The molecule has 0 unspecified atom stereocenters. The van der Waals surface area contributed by atoms with Gasteiger partial charge >= 0.3 is 0 Å². The summed E-state index contributed by atoms with van der Waals surface area (Å²) in [5, 5.41) is 4.98. The van der Waals surface area contributed by atoms with E-state index in [0.717, 1.165) is 6.20 Å². The van der Waals surface area contributed by atoms with Crippen LogP contribution in [0.25, 0.3) is 27.6 Å². The molecule has 2 aromatic heterocycles. The fraction of sp³-hybridized carbons (Fsp3) is 0.182. The third-order valence-electron chi connectivity index (χ3n) is 5.18. The van der Waals surface area contributed by atoms with Crippen molar-refractivity contribution in [2.45, 2.75) is 11.8 Å². The number of benzene rings is 2. The third-order valence-corrected chi connectivity index (χ3v) is 6.91. The van der Waals surface area contributed by atoms with E-state index >= 15 is 0 Å². The van der Waals surface area contributed by atoms with Crippen molar-refractivity contribution in [2.75, 3.05) is 12.9 Å². The monoisotopic (exact) mass is 441 g/mol. The van der Waals surface area contributed by atoms with Crippen LogP contribution in [0.15, 0.2) is 64.7 Å².